The van der Waals surface area contributed by atoms with E-state index in [2.05, 4.69) is 30.7 Å². The molecule has 2 rings (SSSR count). The van der Waals surface area contributed by atoms with Crippen molar-refractivity contribution in [3.63, 3.8) is 0 Å². The van der Waals surface area contributed by atoms with Crippen LogP contribution in [0.2, 0.25) is 0 Å². The fraction of sp³-hybridized carbons (Fsp3) is 0.636. The summed E-state index contributed by atoms with van der Waals surface area (Å²) in [6.07, 6.45) is 2.45. The maximum atomic E-state index is 5.99. The molecule has 0 aliphatic heterocycles. The summed E-state index contributed by atoms with van der Waals surface area (Å²) in [5.74, 6) is 0.743. The Hall–Kier alpha value is -0.340. The van der Waals surface area contributed by atoms with Gasteiger partial charge in [0.2, 0.25) is 0 Å². The summed E-state index contributed by atoms with van der Waals surface area (Å²) >= 11 is 1.78. The Morgan fingerprint density at radius 3 is 2.69 bits per heavy atom. The molecule has 13 heavy (non-hydrogen) atoms. The highest BCUT2D eigenvalue weighted by Gasteiger charge is 2.54. The lowest BCUT2D eigenvalue weighted by Gasteiger charge is -2.00. The third-order valence-corrected chi connectivity index (χ3v) is 4.20. The molecule has 0 spiro atoms. The molecule has 0 amide bonds. The van der Waals surface area contributed by atoms with E-state index in [1.807, 2.05) is 0 Å². The van der Waals surface area contributed by atoms with Crippen LogP contribution in [0.15, 0.2) is 16.8 Å². The number of hydrogen-bond donors (Lipinski definition) is 1. The van der Waals surface area contributed by atoms with E-state index in [1.54, 1.807) is 11.3 Å². The zero-order valence-electron chi connectivity index (χ0n) is 8.29. The van der Waals surface area contributed by atoms with Crippen LogP contribution < -0.4 is 5.73 Å². The zero-order valence-corrected chi connectivity index (χ0v) is 9.10. The summed E-state index contributed by atoms with van der Waals surface area (Å²) in [7, 11) is 0. The second kappa shape index (κ2) is 3.10. The van der Waals surface area contributed by atoms with Crippen LogP contribution in [0.1, 0.15) is 25.8 Å². The summed E-state index contributed by atoms with van der Waals surface area (Å²) in [6.45, 7) is 4.55. The average Bonchev–Trinajstić information content (AvgIpc) is 2.57. The monoisotopic (exact) mass is 195 g/mol. The van der Waals surface area contributed by atoms with Crippen LogP contribution in [0, 0.1) is 11.3 Å². The van der Waals surface area contributed by atoms with Gasteiger partial charge in [0.05, 0.1) is 0 Å². The fourth-order valence-electron chi connectivity index (χ4n) is 2.10. The molecule has 0 radical (unpaired) electrons. The highest BCUT2D eigenvalue weighted by atomic mass is 32.1. The van der Waals surface area contributed by atoms with Gasteiger partial charge in [-0.05, 0) is 46.6 Å². The first-order valence-corrected chi connectivity index (χ1v) is 5.83. The second-order valence-corrected chi connectivity index (χ2v) is 5.40. The van der Waals surface area contributed by atoms with Gasteiger partial charge in [-0.25, -0.2) is 0 Å². The Kier molecular flexibility index (Phi) is 2.20. The van der Waals surface area contributed by atoms with Gasteiger partial charge in [0, 0.05) is 6.04 Å². The molecular weight excluding hydrogens is 178 g/mol. The quantitative estimate of drug-likeness (QED) is 0.788. The first-order chi connectivity index (χ1) is 6.12. The molecule has 1 fully saturated rings. The Morgan fingerprint density at radius 2 is 2.23 bits per heavy atom. The molecule has 2 heteroatoms. The molecule has 2 atom stereocenters. The molecule has 1 aliphatic rings. The Morgan fingerprint density at radius 1 is 1.54 bits per heavy atom. The van der Waals surface area contributed by atoms with Crippen LogP contribution in [-0.2, 0) is 6.42 Å². The van der Waals surface area contributed by atoms with Crippen LogP contribution in [0.3, 0.4) is 0 Å². The number of aryl methyl sites for hydroxylation is 1. The SMILES string of the molecule is CC1(C)C(N)C1CCc1ccsc1. The van der Waals surface area contributed by atoms with Gasteiger partial charge in [-0.2, -0.15) is 11.3 Å². The van der Waals surface area contributed by atoms with Crippen LogP contribution in [-0.4, -0.2) is 6.04 Å². The molecule has 1 aromatic heterocycles. The molecule has 1 aromatic rings. The third kappa shape index (κ3) is 1.65. The minimum Gasteiger partial charge on any atom is -0.327 e. The van der Waals surface area contributed by atoms with Crippen molar-refractivity contribution < 1.29 is 0 Å². The molecule has 0 bridgehead atoms. The molecule has 0 saturated heterocycles. The molecular formula is C11H17NS. The lowest BCUT2D eigenvalue weighted by Crippen LogP contribution is -2.06. The van der Waals surface area contributed by atoms with Crippen LogP contribution in [0.5, 0.6) is 0 Å². The predicted octanol–water partition coefficient (Wildman–Crippen LogP) is 2.66. The van der Waals surface area contributed by atoms with Crippen molar-refractivity contribution in [3.05, 3.63) is 22.4 Å². The molecule has 1 nitrogen and oxygen atoms in total. The normalized spacial score (nSPS) is 30.4. The van der Waals surface area contributed by atoms with Gasteiger partial charge in [-0.1, -0.05) is 13.8 Å². The third-order valence-electron chi connectivity index (χ3n) is 3.46. The standard InChI is InChI=1S/C11H17NS/c1-11(2)9(10(11)12)4-3-8-5-6-13-7-8/h5-7,9-10H,3-4,12H2,1-2H3. The number of rotatable bonds is 3. The molecule has 72 valence electrons. The van der Waals surface area contributed by atoms with E-state index >= 15 is 0 Å². The van der Waals surface area contributed by atoms with E-state index in [0.29, 0.717) is 11.5 Å². The van der Waals surface area contributed by atoms with Crippen molar-refractivity contribution in [1.82, 2.24) is 0 Å². The van der Waals surface area contributed by atoms with Gasteiger partial charge in [-0.15, -0.1) is 0 Å². The highest BCUT2D eigenvalue weighted by molar-refractivity contribution is 7.07. The Balaban J connectivity index is 1.83. The smallest absolute Gasteiger partial charge is 0.0128 e. The molecule has 2 unspecified atom stereocenters. The van der Waals surface area contributed by atoms with Gasteiger partial charge >= 0.3 is 0 Å². The van der Waals surface area contributed by atoms with Gasteiger partial charge in [-0.3, -0.25) is 0 Å². The fourth-order valence-corrected chi connectivity index (χ4v) is 2.80. The van der Waals surface area contributed by atoms with Crippen molar-refractivity contribution in [2.24, 2.45) is 17.1 Å². The maximum Gasteiger partial charge on any atom is 0.0128 e. The van der Waals surface area contributed by atoms with E-state index in [9.17, 15) is 0 Å². The van der Waals surface area contributed by atoms with Crippen LogP contribution >= 0.6 is 11.3 Å². The van der Waals surface area contributed by atoms with E-state index in [1.165, 1.54) is 18.4 Å². The van der Waals surface area contributed by atoms with Crippen molar-refractivity contribution in [2.75, 3.05) is 0 Å². The van der Waals surface area contributed by atoms with Crippen molar-refractivity contribution in [2.45, 2.75) is 32.7 Å². The summed E-state index contributed by atoms with van der Waals surface area (Å²) in [6, 6.07) is 2.65. The van der Waals surface area contributed by atoms with E-state index in [4.69, 9.17) is 5.73 Å². The van der Waals surface area contributed by atoms with E-state index in [0.717, 1.165) is 5.92 Å². The lowest BCUT2D eigenvalue weighted by molar-refractivity contribution is 0.530. The van der Waals surface area contributed by atoms with Crippen LogP contribution in [0.25, 0.3) is 0 Å². The van der Waals surface area contributed by atoms with Gasteiger partial charge in [0.1, 0.15) is 0 Å². The molecule has 1 aliphatic carbocycles. The van der Waals surface area contributed by atoms with Crippen molar-refractivity contribution >= 4 is 11.3 Å². The topological polar surface area (TPSA) is 26.0 Å². The molecule has 0 aromatic carbocycles. The summed E-state index contributed by atoms with van der Waals surface area (Å²) in [4.78, 5) is 0. The maximum absolute atomic E-state index is 5.99. The number of thiophene rings is 1. The average molecular weight is 195 g/mol. The molecule has 1 heterocycles. The highest BCUT2D eigenvalue weighted by Crippen LogP contribution is 2.52. The van der Waals surface area contributed by atoms with Crippen molar-refractivity contribution in [3.8, 4) is 0 Å². The predicted molar refractivity (Wildman–Crippen MR) is 57.9 cm³/mol. The summed E-state index contributed by atoms with van der Waals surface area (Å²) < 4.78 is 0. The first kappa shape index (κ1) is 9.22. The minimum atomic E-state index is 0.399. The number of hydrogen-bond acceptors (Lipinski definition) is 2. The Bertz CT molecular complexity index is 276. The lowest BCUT2D eigenvalue weighted by atomic mass is 10.0. The van der Waals surface area contributed by atoms with Gasteiger partial charge in [0.25, 0.3) is 0 Å². The van der Waals surface area contributed by atoms with Gasteiger partial charge in [0.15, 0.2) is 0 Å². The first-order valence-electron chi connectivity index (χ1n) is 4.89. The van der Waals surface area contributed by atoms with E-state index < -0.39 is 0 Å². The second-order valence-electron chi connectivity index (χ2n) is 4.62. The van der Waals surface area contributed by atoms with Gasteiger partial charge < -0.3 is 5.73 Å². The zero-order chi connectivity index (χ0) is 9.47. The largest absolute Gasteiger partial charge is 0.327 e. The Labute approximate surface area is 84.0 Å². The minimum absolute atomic E-state index is 0.399. The van der Waals surface area contributed by atoms with E-state index in [-0.39, 0.29) is 0 Å². The molecule has 1 saturated carbocycles. The number of nitrogens with two attached hydrogens (primary N) is 1. The van der Waals surface area contributed by atoms with Crippen LogP contribution in [0.4, 0.5) is 0 Å². The summed E-state index contributed by atoms with van der Waals surface area (Å²) in [5.41, 5.74) is 7.86. The molecule has 2 N–H and O–H groups in total. The van der Waals surface area contributed by atoms with Crippen molar-refractivity contribution in [1.29, 1.82) is 0 Å². The summed E-state index contributed by atoms with van der Waals surface area (Å²) in [5, 5.41) is 4.38.